The summed E-state index contributed by atoms with van der Waals surface area (Å²) in [6.45, 7) is 8.94. The lowest BCUT2D eigenvalue weighted by Gasteiger charge is -2.28. The second kappa shape index (κ2) is 14.1. The Kier molecular flexibility index (Phi) is 10.7. The van der Waals surface area contributed by atoms with Gasteiger partial charge in [-0.2, -0.15) is 18.4 Å². The van der Waals surface area contributed by atoms with Gasteiger partial charge in [-0.05, 0) is 55.8 Å². The van der Waals surface area contributed by atoms with Gasteiger partial charge in [-0.1, -0.05) is 18.2 Å². The highest BCUT2D eigenvalue weighted by Gasteiger charge is 2.38. The third-order valence-corrected chi connectivity index (χ3v) is 6.34. The largest absolute Gasteiger partial charge is 0.490 e. The number of H-pyrrole nitrogens is 1. The fourth-order valence-electron chi connectivity index (χ4n) is 4.14. The summed E-state index contributed by atoms with van der Waals surface area (Å²) in [6, 6.07) is 15.8. The Morgan fingerprint density at radius 3 is 2.29 bits per heavy atom. The molecule has 9 nitrogen and oxygen atoms in total. The van der Waals surface area contributed by atoms with Gasteiger partial charge in [0.2, 0.25) is 0 Å². The van der Waals surface area contributed by atoms with Crippen molar-refractivity contribution in [2.45, 2.75) is 20.0 Å². The number of rotatable bonds is 7. The maximum absolute atomic E-state index is 12.5. The topological polar surface area (TPSA) is 125 Å². The van der Waals surface area contributed by atoms with Crippen LogP contribution >= 0.6 is 0 Å². The molecule has 0 spiro atoms. The minimum Gasteiger partial charge on any atom is -0.475 e. The summed E-state index contributed by atoms with van der Waals surface area (Å²) in [5.74, 6) is -1.82. The molecule has 0 atom stereocenters. The van der Waals surface area contributed by atoms with E-state index in [1.54, 1.807) is 6.20 Å². The Balaban J connectivity index is 0.000000587. The number of benzene rings is 1. The number of nitriles is 1. The molecule has 0 radical (unpaired) electrons. The third-order valence-electron chi connectivity index (χ3n) is 6.34. The van der Waals surface area contributed by atoms with Crippen molar-refractivity contribution in [3.05, 3.63) is 71.0 Å². The highest BCUT2D eigenvalue weighted by Crippen LogP contribution is 2.28. The number of carbonyl (C=O) groups is 2. The van der Waals surface area contributed by atoms with Crippen molar-refractivity contribution >= 4 is 29.8 Å². The number of alkyl halides is 3. The summed E-state index contributed by atoms with van der Waals surface area (Å²) >= 11 is 0. The van der Waals surface area contributed by atoms with Gasteiger partial charge in [-0.3, -0.25) is 9.78 Å². The zero-order valence-electron chi connectivity index (χ0n) is 22.7. The van der Waals surface area contributed by atoms with E-state index >= 15 is 0 Å². The number of pyridine rings is 1. The summed E-state index contributed by atoms with van der Waals surface area (Å²) in [5.41, 5.74) is 5.05. The number of aliphatic carboxylic acids is 1. The number of nitrogens with zero attached hydrogens (tertiary/aromatic N) is 4. The Morgan fingerprint density at radius 2 is 1.73 bits per heavy atom. The number of nitrogens with one attached hydrogen (secondary N) is 2. The molecule has 3 aromatic rings. The van der Waals surface area contributed by atoms with Crippen molar-refractivity contribution in [1.29, 1.82) is 5.26 Å². The van der Waals surface area contributed by atoms with Crippen LogP contribution in [-0.4, -0.2) is 77.3 Å². The van der Waals surface area contributed by atoms with E-state index in [0.717, 1.165) is 54.5 Å². The van der Waals surface area contributed by atoms with Crippen molar-refractivity contribution in [2.24, 2.45) is 0 Å². The molecular weight excluding hydrogens is 537 g/mol. The average molecular weight is 569 g/mol. The van der Waals surface area contributed by atoms with Crippen molar-refractivity contribution in [1.82, 2.24) is 20.2 Å². The Labute approximate surface area is 235 Å². The van der Waals surface area contributed by atoms with Gasteiger partial charge in [0.25, 0.3) is 5.91 Å². The van der Waals surface area contributed by atoms with Crippen LogP contribution in [-0.2, 0) is 4.79 Å². The molecule has 41 heavy (non-hydrogen) atoms. The van der Waals surface area contributed by atoms with E-state index in [2.05, 4.69) is 26.3 Å². The molecule has 0 saturated carbocycles. The van der Waals surface area contributed by atoms with Crippen molar-refractivity contribution in [2.75, 3.05) is 44.2 Å². The number of anilines is 1. The minimum atomic E-state index is -5.08. The zero-order valence-corrected chi connectivity index (χ0v) is 22.7. The normalized spacial score (nSPS) is 13.3. The molecule has 216 valence electrons. The lowest BCUT2D eigenvalue weighted by Crippen LogP contribution is -2.44. The van der Waals surface area contributed by atoms with Gasteiger partial charge in [0.15, 0.2) is 0 Å². The number of hydrogen-bond donors (Lipinski definition) is 3. The molecule has 3 heterocycles. The molecule has 1 fully saturated rings. The molecule has 1 saturated heterocycles. The van der Waals surface area contributed by atoms with E-state index in [-0.39, 0.29) is 5.91 Å². The smallest absolute Gasteiger partial charge is 0.475 e. The predicted molar refractivity (Wildman–Crippen MR) is 150 cm³/mol. The highest BCUT2D eigenvalue weighted by molar-refractivity contribution is 5.94. The molecule has 1 aliphatic heterocycles. The van der Waals surface area contributed by atoms with E-state index in [0.29, 0.717) is 24.2 Å². The number of hydrogen-bond acceptors (Lipinski definition) is 6. The molecule has 1 aliphatic rings. The second-order valence-electron chi connectivity index (χ2n) is 9.00. The molecule has 2 aromatic heterocycles. The van der Waals surface area contributed by atoms with Crippen molar-refractivity contribution < 1.29 is 27.9 Å². The first kappa shape index (κ1) is 30.9. The zero-order chi connectivity index (χ0) is 30.0. The summed E-state index contributed by atoms with van der Waals surface area (Å²) in [5, 5.41) is 20.1. The molecule has 0 bridgehead atoms. The standard InChI is InChI=1S/C27H30N6O.C2HF3O2/c1-3-32(4-2)27(34)21-8-5-20(6-9-21)7-10-24-17-22(11-12-30-24)25-18-23(19-28)26(31-25)33-15-13-29-14-16-33;3-2(4,5)1(6)7/h5-12,17-18,29,31H,3-4,13-16H2,1-2H3;(H,6,7). The molecule has 0 aliphatic carbocycles. The van der Waals surface area contributed by atoms with Crippen LogP contribution in [0.4, 0.5) is 19.0 Å². The summed E-state index contributed by atoms with van der Waals surface area (Å²) in [7, 11) is 0. The molecule has 12 heteroatoms. The van der Waals surface area contributed by atoms with E-state index in [4.69, 9.17) is 9.90 Å². The molecular formula is C29H31F3N6O3. The molecule has 0 unspecified atom stereocenters. The van der Waals surface area contributed by atoms with Crippen LogP contribution in [0.25, 0.3) is 23.4 Å². The third kappa shape index (κ3) is 8.43. The number of piperazine rings is 1. The van der Waals surface area contributed by atoms with Gasteiger partial charge >= 0.3 is 12.1 Å². The van der Waals surface area contributed by atoms with Crippen molar-refractivity contribution in [3.8, 4) is 17.3 Å². The SMILES string of the molecule is CCN(CC)C(=O)c1ccc(C=Cc2cc(-c3cc(C#N)c(N4CCNCC4)[nH]3)ccn2)cc1.O=C(O)C(F)(F)F. The molecule has 4 rings (SSSR count). The van der Waals surface area contributed by atoms with Gasteiger partial charge in [-0.15, -0.1) is 0 Å². The Bertz CT molecular complexity index is 1400. The fourth-order valence-corrected chi connectivity index (χ4v) is 4.14. The lowest BCUT2D eigenvalue weighted by atomic mass is 10.1. The van der Waals surface area contributed by atoms with E-state index in [1.165, 1.54) is 0 Å². The molecule has 1 aromatic carbocycles. The van der Waals surface area contributed by atoms with Crippen LogP contribution in [0, 0.1) is 11.3 Å². The van der Waals surface area contributed by atoms with Crippen LogP contribution in [0.1, 0.15) is 41.0 Å². The maximum Gasteiger partial charge on any atom is 0.490 e. The highest BCUT2D eigenvalue weighted by atomic mass is 19.4. The monoisotopic (exact) mass is 568 g/mol. The van der Waals surface area contributed by atoms with E-state index in [9.17, 15) is 23.2 Å². The van der Waals surface area contributed by atoms with Gasteiger partial charge in [0.1, 0.15) is 11.9 Å². The van der Waals surface area contributed by atoms with Crippen molar-refractivity contribution in [3.63, 3.8) is 0 Å². The first-order valence-electron chi connectivity index (χ1n) is 13.0. The van der Waals surface area contributed by atoms with Gasteiger partial charge in [-0.25, -0.2) is 4.79 Å². The van der Waals surface area contributed by atoms with Crippen LogP contribution in [0.15, 0.2) is 48.7 Å². The predicted octanol–water partition coefficient (Wildman–Crippen LogP) is 4.64. The van der Waals surface area contributed by atoms with Crippen LogP contribution in [0.3, 0.4) is 0 Å². The van der Waals surface area contributed by atoms with E-state index in [1.807, 2.05) is 73.4 Å². The van der Waals surface area contributed by atoms with Crippen LogP contribution in [0.2, 0.25) is 0 Å². The van der Waals surface area contributed by atoms with Gasteiger partial charge < -0.3 is 25.2 Å². The first-order chi connectivity index (χ1) is 19.6. The number of aromatic nitrogens is 2. The van der Waals surface area contributed by atoms with E-state index < -0.39 is 12.1 Å². The Morgan fingerprint density at radius 1 is 1.10 bits per heavy atom. The fraction of sp³-hybridized carbons (Fsp3) is 0.310. The summed E-state index contributed by atoms with van der Waals surface area (Å²) in [6.07, 6.45) is 0.633. The second-order valence-corrected chi connectivity index (χ2v) is 9.00. The van der Waals surface area contributed by atoms with Crippen LogP contribution in [0.5, 0.6) is 0 Å². The lowest BCUT2D eigenvalue weighted by molar-refractivity contribution is -0.192. The maximum atomic E-state index is 12.5. The van der Waals surface area contributed by atoms with Crippen LogP contribution < -0.4 is 10.2 Å². The quantitative estimate of drug-likeness (QED) is 0.379. The number of halogens is 3. The minimum absolute atomic E-state index is 0.0535. The molecule has 1 amide bonds. The summed E-state index contributed by atoms with van der Waals surface area (Å²) < 4.78 is 31.7. The Hall–Kier alpha value is -4.63. The van der Waals surface area contributed by atoms with Gasteiger partial charge in [0, 0.05) is 62.3 Å². The number of amides is 1. The number of carbonyl (C=O) groups excluding carboxylic acids is 1. The molecule has 3 N–H and O–H groups in total. The summed E-state index contributed by atoms with van der Waals surface area (Å²) in [4.78, 5) is 33.3. The number of aromatic amines is 1. The number of carboxylic acid groups (broad SMARTS) is 1. The number of carboxylic acids is 1. The van der Waals surface area contributed by atoms with Gasteiger partial charge in [0.05, 0.1) is 11.3 Å². The average Bonchev–Trinajstić information content (AvgIpc) is 3.42. The first-order valence-corrected chi connectivity index (χ1v) is 13.0.